The summed E-state index contributed by atoms with van der Waals surface area (Å²) in [6.45, 7) is 6.00. The van der Waals surface area contributed by atoms with E-state index in [2.05, 4.69) is 28.7 Å². The molecule has 160 valence electrons. The quantitative estimate of drug-likeness (QED) is 0.658. The lowest BCUT2D eigenvalue weighted by molar-refractivity contribution is 0.0736. The Labute approximate surface area is 179 Å². The zero-order valence-corrected chi connectivity index (χ0v) is 18.3. The molecule has 0 spiro atoms. The molecular weight excluding hydrogens is 400 g/mol. The molecule has 5 rings (SSSR count). The lowest BCUT2D eigenvalue weighted by Gasteiger charge is -2.33. The van der Waals surface area contributed by atoms with Crippen LogP contribution in [0.25, 0.3) is 16.2 Å². The molecule has 0 unspecified atom stereocenters. The van der Waals surface area contributed by atoms with Gasteiger partial charge in [-0.3, -0.25) is 0 Å². The van der Waals surface area contributed by atoms with Crippen LogP contribution in [0, 0.1) is 11.8 Å². The van der Waals surface area contributed by atoms with Crippen LogP contribution in [-0.2, 0) is 0 Å². The molecule has 8 nitrogen and oxygen atoms in total. The minimum absolute atomic E-state index is 0.0539. The molecule has 1 aliphatic carbocycles. The van der Waals surface area contributed by atoms with Crippen molar-refractivity contribution in [2.24, 2.45) is 17.6 Å². The summed E-state index contributed by atoms with van der Waals surface area (Å²) in [4.78, 5) is 12.4. The molecule has 3 aromatic rings. The number of fused-ring (bicyclic) bond motifs is 2. The van der Waals surface area contributed by atoms with Gasteiger partial charge in [0, 0.05) is 24.8 Å². The van der Waals surface area contributed by atoms with Crippen LogP contribution >= 0.6 is 11.3 Å². The number of methoxy groups -OCH3 is 1. The van der Waals surface area contributed by atoms with Gasteiger partial charge >= 0.3 is 0 Å². The van der Waals surface area contributed by atoms with Crippen molar-refractivity contribution in [1.29, 1.82) is 0 Å². The Hall–Kier alpha value is -2.23. The van der Waals surface area contributed by atoms with E-state index in [0.717, 1.165) is 46.6 Å². The van der Waals surface area contributed by atoms with Crippen molar-refractivity contribution in [2.75, 3.05) is 25.1 Å². The van der Waals surface area contributed by atoms with E-state index in [9.17, 15) is 5.11 Å². The average Bonchev–Trinajstić information content (AvgIpc) is 3.40. The van der Waals surface area contributed by atoms with Gasteiger partial charge in [-0.2, -0.15) is 0 Å². The highest BCUT2D eigenvalue weighted by atomic mass is 32.1. The zero-order valence-electron chi connectivity index (χ0n) is 17.5. The maximum Gasteiger partial charge on any atom is 0.222 e. The number of rotatable bonds is 4. The summed E-state index contributed by atoms with van der Waals surface area (Å²) in [7, 11) is 1.64. The van der Waals surface area contributed by atoms with Crippen LogP contribution in [0.5, 0.6) is 5.88 Å². The van der Waals surface area contributed by atoms with E-state index in [1.807, 2.05) is 22.8 Å². The molecule has 0 radical (unpaired) electrons. The number of aliphatic hydroxyl groups is 1. The number of nitrogens with two attached hydrogens (primary N) is 1. The zero-order chi connectivity index (χ0) is 21.0. The summed E-state index contributed by atoms with van der Waals surface area (Å²) in [6.07, 6.45) is 3.07. The van der Waals surface area contributed by atoms with Gasteiger partial charge in [0.1, 0.15) is 0 Å². The fourth-order valence-electron chi connectivity index (χ4n) is 4.84. The predicted octanol–water partition coefficient (Wildman–Crippen LogP) is 2.52. The standard InChI is InChI=1S/C21H28N6O2S/c1-11(2)17-5-4-14(19(24-17)29-3)18-8-23-20-27(18)25-21(30-20)26-9-12-6-13(28)7-16(22)15(12)10-26/h4-5,8,11-13,15-16,28H,6-7,9-10,22H2,1-3H3/t12-,13-,15+,16-/m1/s1. The van der Waals surface area contributed by atoms with Gasteiger partial charge in [0.2, 0.25) is 16.0 Å². The number of hydrogen-bond donors (Lipinski definition) is 2. The lowest BCUT2D eigenvalue weighted by Crippen LogP contribution is -2.43. The van der Waals surface area contributed by atoms with Crippen molar-refractivity contribution in [3.05, 3.63) is 24.0 Å². The monoisotopic (exact) mass is 428 g/mol. The van der Waals surface area contributed by atoms with Gasteiger partial charge in [-0.15, -0.1) is 5.10 Å². The number of imidazole rings is 1. The normalized spacial score (nSPS) is 26.5. The van der Waals surface area contributed by atoms with Gasteiger partial charge in [0.15, 0.2) is 0 Å². The van der Waals surface area contributed by atoms with Crippen LogP contribution in [0.3, 0.4) is 0 Å². The number of aliphatic hydroxyl groups excluding tert-OH is 1. The maximum absolute atomic E-state index is 10.1. The number of hydrogen-bond acceptors (Lipinski definition) is 8. The fraction of sp³-hybridized carbons (Fsp3) is 0.571. The van der Waals surface area contributed by atoms with Gasteiger partial charge in [0.05, 0.1) is 30.7 Å². The van der Waals surface area contributed by atoms with Crippen LogP contribution in [0.2, 0.25) is 0 Å². The number of aromatic nitrogens is 4. The highest BCUT2D eigenvalue weighted by Crippen LogP contribution is 2.40. The van der Waals surface area contributed by atoms with Crippen LogP contribution in [-0.4, -0.2) is 57.0 Å². The molecule has 4 atom stereocenters. The molecular formula is C21H28N6O2S. The second kappa shape index (κ2) is 7.47. The second-order valence-electron chi connectivity index (χ2n) is 8.79. The second-order valence-corrected chi connectivity index (χ2v) is 9.72. The molecule has 4 heterocycles. The van der Waals surface area contributed by atoms with E-state index >= 15 is 0 Å². The van der Waals surface area contributed by atoms with Crippen molar-refractivity contribution in [3.8, 4) is 17.1 Å². The van der Waals surface area contributed by atoms with Crippen molar-refractivity contribution in [1.82, 2.24) is 19.6 Å². The summed E-state index contributed by atoms with van der Waals surface area (Å²) in [6, 6.07) is 4.12. The van der Waals surface area contributed by atoms with Crippen LogP contribution < -0.4 is 15.4 Å². The third-order valence-electron chi connectivity index (χ3n) is 6.45. The molecule has 9 heteroatoms. The van der Waals surface area contributed by atoms with Gasteiger partial charge < -0.3 is 20.5 Å². The van der Waals surface area contributed by atoms with E-state index in [-0.39, 0.29) is 12.1 Å². The van der Waals surface area contributed by atoms with E-state index in [0.29, 0.717) is 30.1 Å². The Morgan fingerprint density at radius 1 is 1.27 bits per heavy atom. The molecule has 3 aromatic heterocycles. The summed E-state index contributed by atoms with van der Waals surface area (Å²) in [5.41, 5.74) is 9.08. The van der Waals surface area contributed by atoms with Crippen LogP contribution in [0.4, 0.5) is 5.13 Å². The Balaban J connectivity index is 1.47. The molecule has 0 aromatic carbocycles. The van der Waals surface area contributed by atoms with Crippen molar-refractivity contribution in [2.45, 2.75) is 44.8 Å². The molecule has 1 saturated carbocycles. The molecule has 1 aliphatic heterocycles. The highest BCUT2D eigenvalue weighted by molar-refractivity contribution is 7.20. The molecule has 1 saturated heterocycles. The predicted molar refractivity (Wildman–Crippen MR) is 117 cm³/mol. The Bertz CT molecular complexity index is 1060. The van der Waals surface area contributed by atoms with Gasteiger partial charge in [-0.1, -0.05) is 25.2 Å². The third kappa shape index (κ3) is 3.25. The Morgan fingerprint density at radius 2 is 2.10 bits per heavy atom. The van der Waals surface area contributed by atoms with E-state index in [1.165, 1.54) is 0 Å². The summed E-state index contributed by atoms with van der Waals surface area (Å²) in [5.74, 6) is 1.75. The fourth-order valence-corrected chi connectivity index (χ4v) is 5.74. The molecule has 0 bridgehead atoms. The van der Waals surface area contributed by atoms with E-state index in [4.69, 9.17) is 15.6 Å². The number of nitrogens with zero attached hydrogens (tertiary/aromatic N) is 5. The molecule has 30 heavy (non-hydrogen) atoms. The summed E-state index contributed by atoms with van der Waals surface area (Å²) >= 11 is 1.58. The molecule has 3 N–H and O–H groups in total. The number of pyridine rings is 1. The van der Waals surface area contributed by atoms with Crippen molar-refractivity contribution < 1.29 is 9.84 Å². The minimum atomic E-state index is -0.282. The van der Waals surface area contributed by atoms with E-state index in [1.54, 1.807) is 18.4 Å². The molecule has 0 amide bonds. The average molecular weight is 429 g/mol. The van der Waals surface area contributed by atoms with Crippen LogP contribution in [0.15, 0.2) is 18.3 Å². The van der Waals surface area contributed by atoms with Gasteiger partial charge in [0.25, 0.3) is 0 Å². The third-order valence-corrected chi connectivity index (χ3v) is 7.43. The van der Waals surface area contributed by atoms with Crippen LogP contribution in [0.1, 0.15) is 38.3 Å². The first kappa shape index (κ1) is 19.7. The topological polar surface area (TPSA) is 102 Å². The summed E-state index contributed by atoms with van der Waals surface area (Å²) in [5, 5.41) is 15.9. The number of ether oxygens (including phenoxy) is 1. The van der Waals surface area contributed by atoms with Gasteiger partial charge in [-0.25, -0.2) is 14.5 Å². The van der Waals surface area contributed by atoms with Gasteiger partial charge in [-0.05, 0) is 42.7 Å². The first-order chi connectivity index (χ1) is 14.4. The SMILES string of the molecule is COc1nc(C(C)C)ccc1-c1cnc2sc(N3C[C@H]4C[C@@H](O)C[C@@H](N)[C@H]4C3)nn12. The molecule has 2 fully saturated rings. The van der Waals surface area contributed by atoms with Crippen molar-refractivity contribution in [3.63, 3.8) is 0 Å². The molecule has 2 aliphatic rings. The maximum atomic E-state index is 10.1. The minimum Gasteiger partial charge on any atom is -0.480 e. The Kier molecular flexibility index (Phi) is 4.91. The first-order valence-corrected chi connectivity index (χ1v) is 11.3. The summed E-state index contributed by atoms with van der Waals surface area (Å²) < 4.78 is 7.46. The highest BCUT2D eigenvalue weighted by Gasteiger charge is 2.42. The smallest absolute Gasteiger partial charge is 0.222 e. The first-order valence-electron chi connectivity index (χ1n) is 10.5. The Morgan fingerprint density at radius 3 is 2.87 bits per heavy atom. The largest absolute Gasteiger partial charge is 0.480 e. The lowest BCUT2D eigenvalue weighted by atomic mass is 9.77. The van der Waals surface area contributed by atoms with E-state index < -0.39 is 0 Å². The number of anilines is 1. The van der Waals surface area contributed by atoms with Crippen molar-refractivity contribution >= 4 is 21.4 Å².